The number of amides is 2. The van der Waals surface area contributed by atoms with E-state index in [0.717, 1.165) is 18.2 Å². The maximum atomic E-state index is 12.2. The van der Waals surface area contributed by atoms with Gasteiger partial charge in [0.2, 0.25) is 0 Å². The van der Waals surface area contributed by atoms with Crippen LogP contribution in [0, 0.1) is 10.1 Å². The van der Waals surface area contributed by atoms with Crippen molar-refractivity contribution in [1.82, 2.24) is 9.88 Å². The smallest absolute Gasteiger partial charge is 0.321 e. The van der Waals surface area contributed by atoms with Crippen molar-refractivity contribution in [3.8, 4) is 0 Å². The first-order chi connectivity index (χ1) is 11.1. The Morgan fingerprint density at radius 2 is 1.91 bits per heavy atom. The van der Waals surface area contributed by atoms with Crippen molar-refractivity contribution in [2.75, 3.05) is 36.4 Å². The molecule has 9 heteroatoms. The molecular formula is C14H15N5O3S. The SMILES string of the molecule is O=C(Nc1ccc([N+](=O)[O-])cc1)N1CCN(c2nccs2)CC1. The molecule has 1 fully saturated rings. The van der Waals surface area contributed by atoms with Gasteiger partial charge in [0.05, 0.1) is 4.92 Å². The zero-order valence-corrected chi connectivity index (χ0v) is 13.0. The van der Waals surface area contributed by atoms with Crippen LogP contribution >= 0.6 is 11.3 Å². The lowest BCUT2D eigenvalue weighted by molar-refractivity contribution is -0.384. The van der Waals surface area contributed by atoms with E-state index in [2.05, 4.69) is 15.2 Å². The van der Waals surface area contributed by atoms with Gasteiger partial charge in [-0.1, -0.05) is 0 Å². The summed E-state index contributed by atoms with van der Waals surface area (Å²) < 4.78 is 0. The van der Waals surface area contributed by atoms with Crippen LogP contribution in [0.3, 0.4) is 0 Å². The van der Waals surface area contributed by atoms with Crippen molar-refractivity contribution in [1.29, 1.82) is 0 Å². The highest BCUT2D eigenvalue weighted by molar-refractivity contribution is 7.13. The van der Waals surface area contributed by atoms with Gasteiger partial charge in [-0.15, -0.1) is 11.3 Å². The van der Waals surface area contributed by atoms with Crippen LogP contribution in [0.15, 0.2) is 35.8 Å². The number of carbonyl (C=O) groups excluding carboxylic acids is 1. The topological polar surface area (TPSA) is 91.6 Å². The van der Waals surface area contributed by atoms with Crippen LogP contribution in [-0.2, 0) is 0 Å². The molecule has 0 saturated carbocycles. The number of piperazine rings is 1. The molecule has 1 aromatic heterocycles. The van der Waals surface area contributed by atoms with Crippen LogP contribution < -0.4 is 10.2 Å². The summed E-state index contributed by atoms with van der Waals surface area (Å²) in [5.74, 6) is 0. The van der Waals surface area contributed by atoms with Crippen LogP contribution in [0.1, 0.15) is 0 Å². The van der Waals surface area contributed by atoms with E-state index in [1.54, 1.807) is 22.4 Å². The number of benzene rings is 1. The van der Waals surface area contributed by atoms with Gasteiger partial charge in [-0.25, -0.2) is 9.78 Å². The number of aromatic nitrogens is 1. The van der Waals surface area contributed by atoms with E-state index in [9.17, 15) is 14.9 Å². The Labute approximate surface area is 136 Å². The molecular weight excluding hydrogens is 318 g/mol. The summed E-state index contributed by atoms with van der Waals surface area (Å²) in [6, 6.07) is 5.60. The summed E-state index contributed by atoms with van der Waals surface area (Å²) in [5.41, 5.74) is 0.544. The minimum absolute atomic E-state index is 0.0000566. The van der Waals surface area contributed by atoms with Gasteiger partial charge in [-0.2, -0.15) is 0 Å². The van der Waals surface area contributed by atoms with Crippen LogP contribution in [0.4, 0.5) is 21.3 Å². The number of urea groups is 1. The minimum atomic E-state index is -0.469. The summed E-state index contributed by atoms with van der Waals surface area (Å²) >= 11 is 1.59. The molecule has 120 valence electrons. The van der Waals surface area contributed by atoms with Gasteiger partial charge in [0, 0.05) is 55.6 Å². The first-order valence-corrected chi connectivity index (χ1v) is 7.96. The van der Waals surface area contributed by atoms with Crippen molar-refractivity contribution >= 4 is 33.9 Å². The lowest BCUT2D eigenvalue weighted by atomic mass is 10.3. The summed E-state index contributed by atoms with van der Waals surface area (Å²) in [7, 11) is 0. The first kappa shape index (κ1) is 15.2. The number of nitro groups is 1. The number of rotatable bonds is 3. The second kappa shape index (κ2) is 6.61. The molecule has 1 aliphatic heterocycles. The number of nitro benzene ring substituents is 1. The minimum Gasteiger partial charge on any atom is -0.345 e. The molecule has 0 spiro atoms. The second-order valence-electron chi connectivity index (χ2n) is 5.02. The Hall–Kier alpha value is -2.68. The van der Waals surface area contributed by atoms with Crippen molar-refractivity contribution in [3.05, 3.63) is 46.0 Å². The van der Waals surface area contributed by atoms with E-state index in [-0.39, 0.29) is 11.7 Å². The summed E-state index contributed by atoms with van der Waals surface area (Å²) in [6.45, 7) is 2.69. The Morgan fingerprint density at radius 3 is 2.48 bits per heavy atom. The molecule has 1 saturated heterocycles. The van der Waals surface area contributed by atoms with E-state index in [4.69, 9.17) is 0 Å². The van der Waals surface area contributed by atoms with Crippen LogP contribution in [0.25, 0.3) is 0 Å². The summed E-state index contributed by atoms with van der Waals surface area (Å²) in [4.78, 5) is 30.5. The maximum Gasteiger partial charge on any atom is 0.321 e. The molecule has 0 aliphatic carbocycles. The molecule has 0 unspecified atom stereocenters. The fourth-order valence-electron chi connectivity index (χ4n) is 2.34. The molecule has 0 radical (unpaired) electrons. The predicted octanol–water partition coefficient (Wildman–Crippen LogP) is 2.41. The maximum absolute atomic E-state index is 12.2. The Bertz CT molecular complexity index is 681. The molecule has 3 rings (SSSR count). The molecule has 23 heavy (non-hydrogen) atoms. The molecule has 2 aromatic rings. The van der Waals surface area contributed by atoms with Gasteiger partial charge in [0.15, 0.2) is 5.13 Å². The van der Waals surface area contributed by atoms with Gasteiger partial charge < -0.3 is 15.1 Å². The first-order valence-electron chi connectivity index (χ1n) is 7.08. The lowest BCUT2D eigenvalue weighted by Crippen LogP contribution is -2.50. The molecule has 8 nitrogen and oxygen atoms in total. The third kappa shape index (κ3) is 3.57. The van der Waals surface area contributed by atoms with Crippen LogP contribution in [-0.4, -0.2) is 47.0 Å². The zero-order valence-electron chi connectivity index (χ0n) is 12.2. The van der Waals surface area contributed by atoms with Gasteiger partial charge >= 0.3 is 6.03 Å². The molecule has 0 atom stereocenters. The number of anilines is 2. The molecule has 1 aromatic carbocycles. The lowest BCUT2D eigenvalue weighted by Gasteiger charge is -2.34. The van der Waals surface area contributed by atoms with Crippen molar-refractivity contribution < 1.29 is 9.72 Å². The van der Waals surface area contributed by atoms with Crippen LogP contribution in [0.2, 0.25) is 0 Å². The molecule has 2 heterocycles. The Morgan fingerprint density at radius 1 is 1.22 bits per heavy atom. The highest BCUT2D eigenvalue weighted by Crippen LogP contribution is 2.20. The highest BCUT2D eigenvalue weighted by Gasteiger charge is 2.22. The van der Waals surface area contributed by atoms with E-state index in [0.29, 0.717) is 18.8 Å². The largest absolute Gasteiger partial charge is 0.345 e. The number of hydrogen-bond acceptors (Lipinski definition) is 6. The quantitative estimate of drug-likeness (QED) is 0.688. The average Bonchev–Trinajstić information content (AvgIpc) is 3.10. The van der Waals surface area contributed by atoms with Crippen molar-refractivity contribution in [3.63, 3.8) is 0 Å². The number of hydrogen-bond donors (Lipinski definition) is 1. The van der Waals surface area contributed by atoms with Crippen LogP contribution in [0.5, 0.6) is 0 Å². The van der Waals surface area contributed by atoms with E-state index >= 15 is 0 Å². The standard InChI is InChI=1S/C14H15N5O3S/c20-13(16-11-1-3-12(4-2-11)19(21)22)17-6-8-18(9-7-17)14-15-5-10-23-14/h1-5,10H,6-9H2,(H,16,20). The normalized spacial score (nSPS) is 14.6. The fraction of sp³-hybridized carbons (Fsp3) is 0.286. The van der Waals surface area contributed by atoms with Crippen molar-refractivity contribution in [2.45, 2.75) is 0 Å². The zero-order chi connectivity index (χ0) is 16.2. The Kier molecular flexibility index (Phi) is 4.38. The van der Waals surface area contributed by atoms with Gasteiger partial charge in [-0.05, 0) is 12.1 Å². The average molecular weight is 333 g/mol. The second-order valence-corrected chi connectivity index (χ2v) is 5.90. The Balaban J connectivity index is 1.54. The number of non-ortho nitro benzene ring substituents is 1. The predicted molar refractivity (Wildman–Crippen MR) is 88.0 cm³/mol. The molecule has 1 N–H and O–H groups in total. The molecule has 2 amide bonds. The number of nitrogens with one attached hydrogen (secondary N) is 1. The summed E-state index contributed by atoms with van der Waals surface area (Å²) in [6.07, 6.45) is 1.77. The molecule has 0 bridgehead atoms. The fourth-order valence-corrected chi connectivity index (χ4v) is 3.04. The molecule has 1 aliphatic rings. The number of thiazole rings is 1. The highest BCUT2D eigenvalue weighted by atomic mass is 32.1. The third-order valence-electron chi connectivity index (χ3n) is 3.59. The monoisotopic (exact) mass is 333 g/mol. The van der Waals surface area contributed by atoms with Gasteiger partial charge in [0.1, 0.15) is 0 Å². The van der Waals surface area contributed by atoms with Gasteiger partial charge in [-0.3, -0.25) is 10.1 Å². The van der Waals surface area contributed by atoms with Crippen molar-refractivity contribution in [2.24, 2.45) is 0 Å². The number of carbonyl (C=O) groups is 1. The number of nitrogens with zero attached hydrogens (tertiary/aromatic N) is 4. The van der Waals surface area contributed by atoms with E-state index < -0.39 is 4.92 Å². The van der Waals surface area contributed by atoms with E-state index in [1.807, 2.05) is 5.38 Å². The third-order valence-corrected chi connectivity index (χ3v) is 4.42. The van der Waals surface area contributed by atoms with Gasteiger partial charge in [0.25, 0.3) is 5.69 Å². The van der Waals surface area contributed by atoms with E-state index in [1.165, 1.54) is 24.3 Å². The summed E-state index contributed by atoms with van der Waals surface area (Å²) in [5, 5.41) is 16.3.